The standard InChI is InChI=1S/C19H15F3N6O2/c1-18(13-9-5-6-10-14(13)19(20,21)22)16(29)27(17(30)23-18)11-15-24-25-26-28(15)12-7-3-2-4-8-12/h2-10H,11H2,1H3,(H,23,30)/t18-/m0/s1. The van der Waals surface area contributed by atoms with Crippen molar-refractivity contribution in [1.29, 1.82) is 0 Å². The first-order chi connectivity index (χ1) is 14.2. The van der Waals surface area contributed by atoms with Gasteiger partial charge in [0.05, 0.1) is 17.8 Å². The van der Waals surface area contributed by atoms with Gasteiger partial charge in [0.15, 0.2) is 5.82 Å². The maximum atomic E-state index is 13.5. The highest BCUT2D eigenvalue weighted by atomic mass is 19.4. The lowest BCUT2D eigenvalue weighted by atomic mass is 9.87. The first kappa shape index (κ1) is 19.6. The van der Waals surface area contributed by atoms with E-state index in [1.54, 1.807) is 30.3 Å². The third-order valence-corrected chi connectivity index (χ3v) is 4.88. The molecule has 1 fully saturated rings. The number of tetrazole rings is 1. The van der Waals surface area contributed by atoms with Crippen molar-refractivity contribution >= 4 is 11.9 Å². The van der Waals surface area contributed by atoms with E-state index < -0.39 is 29.2 Å². The quantitative estimate of drug-likeness (QED) is 0.660. The normalized spacial score (nSPS) is 19.3. The Kier molecular flexibility index (Phi) is 4.52. The van der Waals surface area contributed by atoms with Crippen LogP contribution in [0.25, 0.3) is 5.69 Å². The highest BCUT2D eigenvalue weighted by Crippen LogP contribution is 2.39. The number of benzene rings is 2. The number of para-hydroxylation sites is 1. The molecule has 0 bridgehead atoms. The van der Waals surface area contributed by atoms with Crippen LogP contribution in [0, 0.1) is 0 Å². The minimum atomic E-state index is -4.69. The molecule has 154 valence electrons. The predicted octanol–water partition coefficient (Wildman–Crippen LogP) is 2.65. The SMILES string of the molecule is C[C@@]1(c2ccccc2C(F)(F)F)NC(=O)N(Cc2nnnn2-c2ccccc2)C1=O. The molecule has 1 saturated heterocycles. The summed E-state index contributed by atoms with van der Waals surface area (Å²) in [6.07, 6.45) is -4.69. The molecule has 11 heteroatoms. The summed E-state index contributed by atoms with van der Waals surface area (Å²) in [7, 11) is 0. The number of nitrogens with zero attached hydrogens (tertiary/aromatic N) is 5. The molecule has 30 heavy (non-hydrogen) atoms. The Bertz CT molecular complexity index is 1110. The molecular formula is C19H15F3N6O2. The smallest absolute Gasteiger partial charge is 0.319 e. The van der Waals surface area contributed by atoms with E-state index in [1.807, 2.05) is 0 Å². The van der Waals surface area contributed by atoms with Crippen LogP contribution >= 0.6 is 0 Å². The highest BCUT2D eigenvalue weighted by Gasteiger charge is 2.52. The predicted molar refractivity (Wildman–Crippen MR) is 97.0 cm³/mol. The molecule has 3 aromatic rings. The number of halogens is 3. The summed E-state index contributed by atoms with van der Waals surface area (Å²) in [5.41, 5.74) is -2.60. The fourth-order valence-electron chi connectivity index (χ4n) is 3.40. The van der Waals surface area contributed by atoms with E-state index in [4.69, 9.17) is 0 Å². The Morgan fingerprint density at radius 2 is 1.70 bits per heavy atom. The Hall–Kier alpha value is -3.76. The molecule has 1 aliphatic rings. The summed E-state index contributed by atoms with van der Waals surface area (Å²) in [5.74, 6) is -0.648. The molecule has 0 radical (unpaired) electrons. The molecule has 2 heterocycles. The molecule has 1 aromatic heterocycles. The molecule has 0 saturated carbocycles. The number of rotatable bonds is 4. The monoisotopic (exact) mass is 416 g/mol. The van der Waals surface area contributed by atoms with E-state index in [0.29, 0.717) is 5.69 Å². The lowest BCUT2D eigenvalue weighted by molar-refractivity contribution is -0.140. The maximum Gasteiger partial charge on any atom is 0.416 e. The van der Waals surface area contributed by atoms with Crippen LogP contribution in [0.2, 0.25) is 0 Å². The fourth-order valence-corrected chi connectivity index (χ4v) is 3.40. The number of amides is 3. The molecule has 0 aliphatic carbocycles. The second kappa shape index (κ2) is 6.94. The van der Waals surface area contributed by atoms with E-state index in [9.17, 15) is 22.8 Å². The number of hydrogen-bond acceptors (Lipinski definition) is 5. The molecular weight excluding hydrogens is 401 g/mol. The van der Waals surface area contributed by atoms with Crippen molar-refractivity contribution in [1.82, 2.24) is 30.4 Å². The number of alkyl halides is 3. The second-order valence-electron chi connectivity index (χ2n) is 6.83. The van der Waals surface area contributed by atoms with Crippen LogP contribution in [-0.4, -0.2) is 37.0 Å². The van der Waals surface area contributed by atoms with Gasteiger partial charge in [-0.3, -0.25) is 9.69 Å². The second-order valence-corrected chi connectivity index (χ2v) is 6.83. The number of carbonyl (C=O) groups is 2. The van der Waals surface area contributed by atoms with E-state index in [-0.39, 0.29) is 17.9 Å². The van der Waals surface area contributed by atoms with Crippen LogP contribution in [-0.2, 0) is 23.1 Å². The van der Waals surface area contributed by atoms with Gasteiger partial charge in [-0.25, -0.2) is 4.79 Å². The van der Waals surface area contributed by atoms with E-state index in [2.05, 4.69) is 20.8 Å². The van der Waals surface area contributed by atoms with Crippen molar-refractivity contribution < 1.29 is 22.8 Å². The van der Waals surface area contributed by atoms with E-state index in [1.165, 1.54) is 29.8 Å². The van der Waals surface area contributed by atoms with E-state index >= 15 is 0 Å². The van der Waals surface area contributed by atoms with Gasteiger partial charge in [0.25, 0.3) is 5.91 Å². The van der Waals surface area contributed by atoms with Crippen LogP contribution < -0.4 is 5.32 Å². The summed E-state index contributed by atoms with van der Waals surface area (Å²) in [6, 6.07) is 12.6. The van der Waals surface area contributed by atoms with Gasteiger partial charge in [0.2, 0.25) is 0 Å². The summed E-state index contributed by atoms with van der Waals surface area (Å²) in [6.45, 7) is 0.939. The first-order valence-corrected chi connectivity index (χ1v) is 8.85. The summed E-state index contributed by atoms with van der Waals surface area (Å²) in [4.78, 5) is 26.4. The molecule has 4 rings (SSSR count). The zero-order chi connectivity index (χ0) is 21.5. The topological polar surface area (TPSA) is 93.0 Å². The van der Waals surface area contributed by atoms with Gasteiger partial charge in [-0.15, -0.1) is 5.10 Å². The zero-order valence-electron chi connectivity index (χ0n) is 15.6. The van der Waals surface area contributed by atoms with Crippen LogP contribution in [0.15, 0.2) is 54.6 Å². The number of carbonyl (C=O) groups excluding carboxylic acids is 2. The minimum Gasteiger partial charge on any atom is -0.319 e. The molecule has 2 aromatic carbocycles. The number of imide groups is 1. The Morgan fingerprint density at radius 1 is 1.03 bits per heavy atom. The van der Waals surface area contributed by atoms with Gasteiger partial charge in [-0.2, -0.15) is 17.9 Å². The van der Waals surface area contributed by atoms with Gasteiger partial charge < -0.3 is 5.32 Å². The Balaban J connectivity index is 1.68. The van der Waals surface area contributed by atoms with Crippen LogP contribution in [0.3, 0.4) is 0 Å². The third kappa shape index (κ3) is 3.17. The number of aromatic nitrogens is 4. The van der Waals surface area contributed by atoms with Crippen molar-refractivity contribution in [2.24, 2.45) is 0 Å². The highest BCUT2D eigenvalue weighted by molar-refractivity contribution is 6.07. The molecule has 3 amide bonds. The molecule has 1 N–H and O–H groups in total. The molecule has 0 unspecified atom stereocenters. The molecule has 1 atom stereocenters. The number of urea groups is 1. The first-order valence-electron chi connectivity index (χ1n) is 8.85. The average Bonchev–Trinajstić information content (AvgIpc) is 3.27. The number of nitrogens with one attached hydrogen (secondary N) is 1. The fraction of sp³-hybridized carbons (Fsp3) is 0.211. The zero-order valence-corrected chi connectivity index (χ0v) is 15.6. The average molecular weight is 416 g/mol. The largest absolute Gasteiger partial charge is 0.416 e. The van der Waals surface area contributed by atoms with Crippen molar-refractivity contribution in [2.45, 2.75) is 25.2 Å². The summed E-state index contributed by atoms with van der Waals surface area (Å²) in [5, 5.41) is 13.7. The lowest BCUT2D eigenvalue weighted by Gasteiger charge is -2.25. The third-order valence-electron chi connectivity index (χ3n) is 4.88. The summed E-state index contributed by atoms with van der Waals surface area (Å²) < 4.78 is 41.8. The lowest BCUT2D eigenvalue weighted by Crippen LogP contribution is -2.42. The maximum absolute atomic E-state index is 13.5. The van der Waals surface area contributed by atoms with Crippen LogP contribution in [0.5, 0.6) is 0 Å². The van der Waals surface area contributed by atoms with Gasteiger partial charge in [-0.1, -0.05) is 36.4 Å². The molecule has 0 spiro atoms. The van der Waals surface area contributed by atoms with Crippen molar-refractivity contribution in [3.63, 3.8) is 0 Å². The van der Waals surface area contributed by atoms with Gasteiger partial charge in [0, 0.05) is 0 Å². The Labute approximate surface area is 168 Å². The Morgan fingerprint density at radius 3 is 2.40 bits per heavy atom. The summed E-state index contributed by atoms with van der Waals surface area (Å²) >= 11 is 0. The van der Waals surface area contributed by atoms with Crippen molar-refractivity contribution in [2.75, 3.05) is 0 Å². The van der Waals surface area contributed by atoms with Crippen LogP contribution in [0.1, 0.15) is 23.9 Å². The molecule has 1 aliphatic heterocycles. The van der Waals surface area contributed by atoms with Gasteiger partial charge in [0.1, 0.15) is 5.54 Å². The van der Waals surface area contributed by atoms with Gasteiger partial charge in [-0.05, 0) is 41.1 Å². The van der Waals surface area contributed by atoms with Crippen molar-refractivity contribution in [3.8, 4) is 5.69 Å². The number of hydrogen-bond donors (Lipinski definition) is 1. The van der Waals surface area contributed by atoms with Crippen molar-refractivity contribution in [3.05, 3.63) is 71.5 Å². The van der Waals surface area contributed by atoms with E-state index in [0.717, 1.165) is 11.0 Å². The minimum absolute atomic E-state index is 0.179. The van der Waals surface area contributed by atoms with Gasteiger partial charge >= 0.3 is 12.2 Å². The molecule has 8 nitrogen and oxygen atoms in total. The van der Waals surface area contributed by atoms with Crippen LogP contribution in [0.4, 0.5) is 18.0 Å².